The Bertz CT molecular complexity index is 665. The second-order valence-corrected chi connectivity index (χ2v) is 4.22. The summed E-state index contributed by atoms with van der Waals surface area (Å²) in [5, 5.41) is 22.9. The molecule has 2 rings (SSSR count). The van der Waals surface area contributed by atoms with Crippen molar-refractivity contribution in [2.75, 3.05) is 5.32 Å². The first-order chi connectivity index (χ1) is 9.61. The van der Waals surface area contributed by atoms with Crippen molar-refractivity contribution in [1.29, 1.82) is 5.26 Å². The lowest BCUT2D eigenvalue weighted by Crippen LogP contribution is -2.08. The number of nitrogens with one attached hydrogen (secondary N) is 1. The van der Waals surface area contributed by atoms with Crippen LogP contribution < -0.4 is 5.32 Å². The number of nitrogens with zero attached hydrogens (tertiary/aromatic N) is 3. The molecule has 0 saturated carbocycles. The molecule has 1 unspecified atom stereocenters. The smallest absolute Gasteiger partial charge is 0.287 e. The van der Waals surface area contributed by atoms with E-state index < -0.39 is 4.92 Å². The number of nitro groups is 1. The summed E-state index contributed by atoms with van der Waals surface area (Å²) in [6.07, 6.45) is 1.70. The van der Waals surface area contributed by atoms with Gasteiger partial charge < -0.3 is 5.32 Å². The van der Waals surface area contributed by atoms with E-state index >= 15 is 0 Å². The molecule has 1 N–H and O–H groups in total. The fraction of sp³-hybridized carbons (Fsp3) is 0.143. The highest BCUT2D eigenvalue weighted by Crippen LogP contribution is 2.24. The quantitative estimate of drug-likeness (QED) is 0.679. The molecular formula is C14H12N4O2. The molecule has 1 aromatic carbocycles. The fourth-order valence-electron chi connectivity index (χ4n) is 1.83. The molecule has 0 saturated heterocycles. The zero-order chi connectivity index (χ0) is 14.5. The van der Waals surface area contributed by atoms with E-state index in [1.54, 1.807) is 12.3 Å². The zero-order valence-electron chi connectivity index (χ0n) is 10.8. The van der Waals surface area contributed by atoms with E-state index in [2.05, 4.69) is 10.3 Å². The Hall–Kier alpha value is -2.94. The first-order valence-electron chi connectivity index (χ1n) is 5.98. The van der Waals surface area contributed by atoms with Gasteiger partial charge in [0, 0.05) is 18.0 Å². The molecule has 1 atom stereocenters. The van der Waals surface area contributed by atoms with Crippen molar-refractivity contribution in [3.63, 3.8) is 0 Å². The molecular weight excluding hydrogens is 256 g/mol. The van der Waals surface area contributed by atoms with Crippen molar-refractivity contribution in [3.05, 3.63) is 64.0 Å². The molecule has 0 fully saturated rings. The van der Waals surface area contributed by atoms with Crippen molar-refractivity contribution in [1.82, 2.24) is 4.98 Å². The monoisotopic (exact) mass is 268 g/mol. The van der Waals surface area contributed by atoms with Crippen LogP contribution in [0.15, 0.2) is 42.6 Å². The maximum Gasteiger partial charge on any atom is 0.287 e. The average Bonchev–Trinajstić information content (AvgIpc) is 2.47. The Morgan fingerprint density at radius 2 is 2.20 bits per heavy atom. The highest BCUT2D eigenvalue weighted by molar-refractivity contribution is 5.59. The second kappa shape index (κ2) is 5.80. The average molecular weight is 268 g/mol. The number of nitro benzene ring substituents is 1. The highest BCUT2D eigenvalue weighted by Gasteiger charge is 2.14. The van der Waals surface area contributed by atoms with Gasteiger partial charge in [-0.25, -0.2) is 0 Å². The molecule has 0 aliphatic heterocycles. The van der Waals surface area contributed by atoms with Gasteiger partial charge in [-0.15, -0.1) is 0 Å². The van der Waals surface area contributed by atoms with Crippen LogP contribution in [0.4, 0.5) is 11.4 Å². The molecule has 0 aliphatic carbocycles. The summed E-state index contributed by atoms with van der Waals surface area (Å²) in [4.78, 5) is 14.4. The van der Waals surface area contributed by atoms with Crippen molar-refractivity contribution in [2.45, 2.75) is 13.0 Å². The summed E-state index contributed by atoms with van der Waals surface area (Å²) in [7, 11) is 0. The van der Waals surface area contributed by atoms with Crippen molar-refractivity contribution >= 4 is 11.4 Å². The number of pyridine rings is 1. The predicted octanol–water partition coefficient (Wildman–Crippen LogP) is 3.03. The molecule has 1 heterocycles. The fourth-order valence-corrected chi connectivity index (χ4v) is 1.83. The Morgan fingerprint density at radius 1 is 1.40 bits per heavy atom. The van der Waals surface area contributed by atoms with Crippen LogP contribution in [0.3, 0.4) is 0 Å². The molecule has 6 heteroatoms. The summed E-state index contributed by atoms with van der Waals surface area (Å²) in [6.45, 7) is 1.93. The first kappa shape index (κ1) is 13.5. The van der Waals surface area contributed by atoms with Crippen LogP contribution in [-0.4, -0.2) is 9.91 Å². The molecule has 100 valence electrons. The van der Waals surface area contributed by atoms with Crippen LogP contribution >= 0.6 is 0 Å². The number of nitriles is 1. The van der Waals surface area contributed by atoms with Crippen molar-refractivity contribution in [2.24, 2.45) is 0 Å². The van der Waals surface area contributed by atoms with Gasteiger partial charge in [-0.2, -0.15) is 5.26 Å². The standard InChI is InChI=1S/C14H12N4O2/c1-10(13-4-2-3-7-16-13)17-12-5-6-14(18(19)20)11(8-12)9-15/h2-8,10,17H,1H3. The Morgan fingerprint density at radius 3 is 2.80 bits per heavy atom. The van der Waals surface area contributed by atoms with Gasteiger partial charge in [-0.3, -0.25) is 15.1 Å². The molecule has 0 spiro atoms. The van der Waals surface area contributed by atoms with Crippen LogP contribution in [0, 0.1) is 21.4 Å². The highest BCUT2D eigenvalue weighted by atomic mass is 16.6. The van der Waals surface area contributed by atoms with Crippen LogP contribution in [0.2, 0.25) is 0 Å². The van der Waals surface area contributed by atoms with Gasteiger partial charge in [0.15, 0.2) is 0 Å². The van der Waals surface area contributed by atoms with E-state index in [0.717, 1.165) is 5.69 Å². The van der Waals surface area contributed by atoms with Gasteiger partial charge in [-0.1, -0.05) is 6.07 Å². The molecule has 0 aliphatic rings. The third-order valence-electron chi connectivity index (χ3n) is 2.83. The lowest BCUT2D eigenvalue weighted by Gasteiger charge is -2.14. The zero-order valence-corrected chi connectivity index (χ0v) is 10.8. The first-order valence-corrected chi connectivity index (χ1v) is 5.98. The second-order valence-electron chi connectivity index (χ2n) is 4.22. The Kier molecular flexibility index (Phi) is 3.91. The lowest BCUT2D eigenvalue weighted by molar-refractivity contribution is -0.385. The third-order valence-corrected chi connectivity index (χ3v) is 2.83. The topological polar surface area (TPSA) is 91.9 Å². The van der Waals surface area contributed by atoms with Gasteiger partial charge in [-0.05, 0) is 31.2 Å². The molecule has 0 bridgehead atoms. The summed E-state index contributed by atoms with van der Waals surface area (Å²) in [6, 6.07) is 11.7. The van der Waals surface area contributed by atoms with Crippen LogP contribution in [0.25, 0.3) is 0 Å². The molecule has 2 aromatic rings. The SMILES string of the molecule is CC(Nc1ccc([N+](=O)[O-])c(C#N)c1)c1ccccn1. The minimum absolute atomic E-state index is 0.0354. The Labute approximate surface area is 115 Å². The molecule has 0 amide bonds. The van der Waals surface area contributed by atoms with Crippen LogP contribution in [0.1, 0.15) is 24.2 Å². The number of benzene rings is 1. The molecule has 1 aromatic heterocycles. The maximum absolute atomic E-state index is 10.8. The number of hydrogen-bond donors (Lipinski definition) is 1. The molecule has 6 nitrogen and oxygen atoms in total. The number of hydrogen-bond acceptors (Lipinski definition) is 5. The van der Waals surface area contributed by atoms with Gasteiger partial charge in [0.05, 0.1) is 16.7 Å². The molecule has 20 heavy (non-hydrogen) atoms. The Balaban J connectivity index is 2.23. The van der Waals surface area contributed by atoms with Crippen molar-refractivity contribution in [3.8, 4) is 6.07 Å². The van der Waals surface area contributed by atoms with E-state index in [1.807, 2.05) is 31.2 Å². The van der Waals surface area contributed by atoms with E-state index in [0.29, 0.717) is 5.69 Å². The van der Waals surface area contributed by atoms with Crippen LogP contribution in [0.5, 0.6) is 0 Å². The van der Waals surface area contributed by atoms with Gasteiger partial charge >= 0.3 is 0 Å². The maximum atomic E-state index is 10.8. The van der Waals surface area contributed by atoms with E-state index in [-0.39, 0.29) is 17.3 Å². The summed E-state index contributed by atoms with van der Waals surface area (Å²) >= 11 is 0. The van der Waals surface area contributed by atoms with Crippen molar-refractivity contribution < 1.29 is 4.92 Å². The summed E-state index contributed by atoms with van der Waals surface area (Å²) < 4.78 is 0. The predicted molar refractivity (Wildman–Crippen MR) is 74.1 cm³/mol. The number of rotatable bonds is 4. The third kappa shape index (κ3) is 2.90. The largest absolute Gasteiger partial charge is 0.377 e. The number of anilines is 1. The van der Waals surface area contributed by atoms with Gasteiger partial charge in [0.2, 0.25) is 0 Å². The number of aromatic nitrogens is 1. The normalized spacial score (nSPS) is 11.4. The van der Waals surface area contributed by atoms with Gasteiger partial charge in [0.1, 0.15) is 11.6 Å². The summed E-state index contributed by atoms with van der Waals surface area (Å²) in [5.74, 6) is 0. The van der Waals surface area contributed by atoms with E-state index in [4.69, 9.17) is 5.26 Å². The van der Waals surface area contributed by atoms with E-state index in [1.165, 1.54) is 12.1 Å². The molecule has 0 radical (unpaired) electrons. The minimum atomic E-state index is -0.565. The minimum Gasteiger partial charge on any atom is -0.377 e. The summed E-state index contributed by atoms with van der Waals surface area (Å²) in [5.41, 5.74) is 1.34. The van der Waals surface area contributed by atoms with Crippen LogP contribution in [-0.2, 0) is 0 Å². The lowest BCUT2D eigenvalue weighted by atomic mass is 10.1. The van der Waals surface area contributed by atoms with Gasteiger partial charge in [0.25, 0.3) is 5.69 Å². The van der Waals surface area contributed by atoms with E-state index in [9.17, 15) is 10.1 Å².